The number of hydrogen-bond donors (Lipinski definition) is 1. The number of pyridine rings is 1. The fraction of sp³-hybridized carbons (Fsp3) is 0.261. The van der Waals surface area contributed by atoms with Crippen molar-refractivity contribution in [2.75, 3.05) is 0 Å². The maximum Gasteiger partial charge on any atom is 0.416 e. The molecule has 0 saturated heterocycles. The van der Waals surface area contributed by atoms with Crippen molar-refractivity contribution in [3.8, 4) is 16.9 Å². The zero-order chi connectivity index (χ0) is 20.9. The molecule has 1 heterocycles. The number of aromatic nitrogens is 1. The van der Waals surface area contributed by atoms with Gasteiger partial charge in [-0.2, -0.15) is 13.2 Å². The Morgan fingerprint density at radius 2 is 1.76 bits per heavy atom. The van der Waals surface area contributed by atoms with Gasteiger partial charge in [-0.1, -0.05) is 30.3 Å². The molecule has 0 amide bonds. The van der Waals surface area contributed by atoms with Crippen LogP contribution in [0.25, 0.3) is 11.1 Å². The van der Waals surface area contributed by atoms with Gasteiger partial charge in [-0.25, -0.2) is 0 Å². The first-order valence-corrected chi connectivity index (χ1v) is 9.34. The minimum atomic E-state index is -4.37. The molecule has 3 nitrogen and oxygen atoms in total. The van der Waals surface area contributed by atoms with Crippen LogP contribution in [-0.2, 0) is 12.6 Å². The van der Waals surface area contributed by atoms with E-state index in [9.17, 15) is 18.3 Å². The largest absolute Gasteiger partial charge is 0.488 e. The molecular formula is C23H22F3NO2. The van der Waals surface area contributed by atoms with E-state index in [1.54, 1.807) is 49.6 Å². The van der Waals surface area contributed by atoms with Crippen LogP contribution < -0.4 is 4.74 Å². The first-order chi connectivity index (χ1) is 13.8. The molecule has 0 aliphatic rings. The molecule has 2 atom stereocenters. The molecule has 3 aromatic rings. The molecule has 1 aromatic heterocycles. The SMILES string of the molecule is C[C@H](Oc1ccc(-c2cccc(C(F)(F)F)c2)cc1)[C@H](O)CCc1cccnc1. The molecule has 0 fully saturated rings. The van der Waals surface area contributed by atoms with E-state index in [0.29, 0.717) is 29.7 Å². The van der Waals surface area contributed by atoms with Gasteiger partial charge in [0, 0.05) is 12.4 Å². The van der Waals surface area contributed by atoms with Crippen LogP contribution in [-0.4, -0.2) is 22.3 Å². The maximum absolute atomic E-state index is 12.9. The van der Waals surface area contributed by atoms with Gasteiger partial charge in [0.1, 0.15) is 11.9 Å². The minimum absolute atomic E-state index is 0.425. The summed E-state index contributed by atoms with van der Waals surface area (Å²) in [6, 6.07) is 15.8. The van der Waals surface area contributed by atoms with Gasteiger partial charge in [-0.3, -0.25) is 4.98 Å². The third kappa shape index (κ3) is 5.81. The van der Waals surface area contributed by atoms with E-state index >= 15 is 0 Å². The average Bonchev–Trinajstić information content (AvgIpc) is 2.73. The number of aliphatic hydroxyl groups excluding tert-OH is 1. The van der Waals surface area contributed by atoms with Gasteiger partial charge in [0.05, 0.1) is 11.7 Å². The van der Waals surface area contributed by atoms with Crippen LogP contribution in [0.1, 0.15) is 24.5 Å². The molecule has 0 saturated carbocycles. The van der Waals surface area contributed by atoms with E-state index in [-0.39, 0.29) is 0 Å². The molecule has 0 aliphatic heterocycles. The van der Waals surface area contributed by atoms with Gasteiger partial charge in [0.25, 0.3) is 0 Å². The molecule has 0 spiro atoms. The zero-order valence-electron chi connectivity index (χ0n) is 15.9. The lowest BCUT2D eigenvalue weighted by Gasteiger charge is -2.20. The summed E-state index contributed by atoms with van der Waals surface area (Å²) in [7, 11) is 0. The van der Waals surface area contributed by atoms with Gasteiger partial charge in [-0.15, -0.1) is 0 Å². The Morgan fingerprint density at radius 1 is 1.00 bits per heavy atom. The Bertz CT molecular complexity index is 911. The molecule has 0 unspecified atom stereocenters. The molecular weight excluding hydrogens is 379 g/mol. The number of rotatable bonds is 7. The smallest absolute Gasteiger partial charge is 0.416 e. The number of benzene rings is 2. The lowest BCUT2D eigenvalue weighted by Crippen LogP contribution is -2.29. The van der Waals surface area contributed by atoms with Crippen molar-refractivity contribution >= 4 is 0 Å². The van der Waals surface area contributed by atoms with E-state index in [1.165, 1.54) is 6.07 Å². The highest BCUT2D eigenvalue weighted by Gasteiger charge is 2.30. The van der Waals surface area contributed by atoms with Crippen molar-refractivity contribution in [3.63, 3.8) is 0 Å². The Labute approximate surface area is 167 Å². The molecule has 1 N–H and O–H groups in total. The van der Waals surface area contributed by atoms with Gasteiger partial charge >= 0.3 is 6.18 Å². The Kier molecular flexibility index (Phi) is 6.54. The van der Waals surface area contributed by atoms with Crippen LogP contribution in [0.4, 0.5) is 13.2 Å². The van der Waals surface area contributed by atoms with Crippen LogP contribution in [0.3, 0.4) is 0 Å². The number of hydrogen-bond acceptors (Lipinski definition) is 3. The quantitative estimate of drug-likeness (QED) is 0.566. The van der Waals surface area contributed by atoms with Crippen LogP contribution in [0, 0.1) is 0 Å². The van der Waals surface area contributed by atoms with Gasteiger partial charge in [-0.05, 0) is 66.8 Å². The van der Waals surface area contributed by atoms with Crippen LogP contribution in [0.5, 0.6) is 5.75 Å². The summed E-state index contributed by atoms with van der Waals surface area (Å²) in [4.78, 5) is 4.05. The molecule has 0 bridgehead atoms. The summed E-state index contributed by atoms with van der Waals surface area (Å²) in [5.74, 6) is 0.550. The van der Waals surface area contributed by atoms with Crippen LogP contribution in [0.15, 0.2) is 73.1 Å². The van der Waals surface area contributed by atoms with E-state index in [4.69, 9.17) is 4.74 Å². The number of nitrogens with zero attached hydrogens (tertiary/aromatic N) is 1. The van der Waals surface area contributed by atoms with E-state index < -0.39 is 23.9 Å². The first-order valence-electron chi connectivity index (χ1n) is 9.34. The monoisotopic (exact) mass is 401 g/mol. The second-order valence-corrected chi connectivity index (χ2v) is 6.89. The Hall–Kier alpha value is -2.86. The standard InChI is InChI=1S/C23H22F3NO2/c1-16(22(28)12-7-17-4-3-13-27-15-17)29-21-10-8-18(9-11-21)19-5-2-6-20(14-19)23(24,25)26/h2-6,8-11,13-16,22,28H,7,12H2,1H3/t16-,22+/m0/s1. The molecule has 29 heavy (non-hydrogen) atoms. The summed E-state index contributed by atoms with van der Waals surface area (Å²) in [5.41, 5.74) is 1.51. The molecule has 0 radical (unpaired) electrons. The number of halogens is 3. The molecule has 152 valence electrons. The van der Waals surface area contributed by atoms with Gasteiger partial charge < -0.3 is 9.84 Å². The summed E-state index contributed by atoms with van der Waals surface area (Å²) in [6.45, 7) is 1.79. The van der Waals surface area contributed by atoms with E-state index in [2.05, 4.69) is 4.98 Å². The fourth-order valence-electron chi connectivity index (χ4n) is 2.99. The zero-order valence-corrected chi connectivity index (χ0v) is 15.9. The third-order valence-corrected chi connectivity index (χ3v) is 4.69. The summed E-state index contributed by atoms with van der Waals surface area (Å²) in [5, 5.41) is 10.3. The van der Waals surface area contributed by atoms with Gasteiger partial charge in [0.15, 0.2) is 0 Å². The normalized spacial score (nSPS) is 13.7. The Morgan fingerprint density at radius 3 is 2.41 bits per heavy atom. The van der Waals surface area contributed by atoms with E-state index in [0.717, 1.165) is 17.7 Å². The summed E-state index contributed by atoms with van der Waals surface area (Å²) >= 11 is 0. The highest BCUT2D eigenvalue weighted by molar-refractivity contribution is 5.65. The molecule has 3 rings (SSSR count). The van der Waals surface area contributed by atoms with Crippen LogP contribution in [0.2, 0.25) is 0 Å². The van der Waals surface area contributed by atoms with Crippen molar-refractivity contribution in [2.24, 2.45) is 0 Å². The topological polar surface area (TPSA) is 42.4 Å². The highest BCUT2D eigenvalue weighted by atomic mass is 19.4. The van der Waals surface area contributed by atoms with Gasteiger partial charge in [0.2, 0.25) is 0 Å². The van der Waals surface area contributed by atoms with Crippen molar-refractivity contribution in [2.45, 2.75) is 38.1 Å². The van der Waals surface area contributed by atoms with Crippen molar-refractivity contribution in [1.29, 1.82) is 0 Å². The maximum atomic E-state index is 12.9. The lowest BCUT2D eigenvalue weighted by molar-refractivity contribution is -0.137. The highest BCUT2D eigenvalue weighted by Crippen LogP contribution is 2.32. The number of aliphatic hydroxyl groups is 1. The minimum Gasteiger partial charge on any atom is -0.488 e. The predicted octanol–water partition coefficient (Wildman–Crippen LogP) is 5.53. The number of ether oxygens (including phenoxy) is 1. The Balaban J connectivity index is 1.60. The molecule has 2 aromatic carbocycles. The second kappa shape index (κ2) is 9.09. The molecule has 6 heteroatoms. The fourth-order valence-corrected chi connectivity index (χ4v) is 2.99. The number of alkyl halides is 3. The number of aryl methyl sites for hydroxylation is 1. The van der Waals surface area contributed by atoms with E-state index in [1.807, 2.05) is 12.1 Å². The van der Waals surface area contributed by atoms with Crippen molar-refractivity contribution in [3.05, 3.63) is 84.2 Å². The third-order valence-electron chi connectivity index (χ3n) is 4.69. The van der Waals surface area contributed by atoms with Crippen molar-refractivity contribution < 1.29 is 23.0 Å². The summed E-state index contributed by atoms with van der Waals surface area (Å²) in [6.07, 6.45) is -0.754. The summed E-state index contributed by atoms with van der Waals surface area (Å²) < 4.78 is 44.5. The molecule has 0 aliphatic carbocycles. The average molecular weight is 401 g/mol. The van der Waals surface area contributed by atoms with Crippen LogP contribution >= 0.6 is 0 Å². The second-order valence-electron chi connectivity index (χ2n) is 6.89. The first kappa shape index (κ1) is 20.9. The lowest BCUT2D eigenvalue weighted by atomic mass is 10.0. The predicted molar refractivity (Wildman–Crippen MR) is 106 cm³/mol. The van der Waals surface area contributed by atoms with Crippen molar-refractivity contribution in [1.82, 2.24) is 4.98 Å².